The van der Waals surface area contributed by atoms with Crippen LogP contribution in [0.25, 0.3) is 0 Å². The molecule has 0 atom stereocenters. The van der Waals surface area contributed by atoms with Gasteiger partial charge in [0.2, 0.25) is 0 Å². The first kappa shape index (κ1) is 24.2. The van der Waals surface area contributed by atoms with E-state index < -0.39 is 26.5 Å². The Morgan fingerprint density at radius 1 is 1.00 bits per heavy atom. The monoisotopic (exact) mass is 453 g/mol. The Balaban J connectivity index is 2.24. The molecule has 0 aliphatic carbocycles. The number of nitrogens with one attached hydrogen (secondary N) is 1. The second-order valence-corrected chi connectivity index (χ2v) is 12.5. The van der Waals surface area contributed by atoms with Crippen molar-refractivity contribution in [3.05, 3.63) is 53.1 Å². The van der Waals surface area contributed by atoms with Gasteiger partial charge in [-0.2, -0.15) is 8.42 Å². The lowest BCUT2D eigenvalue weighted by Crippen LogP contribution is -2.27. The number of carbonyl (C=O) groups excluding carboxylic acids is 1. The predicted octanol–water partition coefficient (Wildman–Crippen LogP) is 5.24. The molecule has 0 saturated heterocycles. The standard InChI is InChI=1S/C22H31NO5S2/c1-7-8-13-23-22(24)27-20-14-18(4)21(15-17(20)3)29(5,6)28-30(25,26)19-11-9-16(2)10-12-19/h9-12,14-15H,7-8,13H2,1-6H3,(H,23,24). The average Bonchev–Trinajstić information content (AvgIpc) is 2.64. The van der Waals surface area contributed by atoms with Crippen molar-refractivity contribution in [3.8, 4) is 5.75 Å². The molecule has 166 valence electrons. The van der Waals surface area contributed by atoms with Crippen LogP contribution in [0.1, 0.15) is 36.5 Å². The fourth-order valence-electron chi connectivity index (χ4n) is 2.91. The fourth-order valence-corrected chi connectivity index (χ4v) is 7.07. The normalized spacial score (nSPS) is 12.5. The summed E-state index contributed by atoms with van der Waals surface area (Å²) >= 11 is 0. The van der Waals surface area contributed by atoms with E-state index in [0.29, 0.717) is 12.3 Å². The summed E-state index contributed by atoms with van der Waals surface area (Å²) in [7, 11) is -6.05. The predicted molar refractivity (Wildman–Crippen MR) is 122 cm³/mol. The molecule has 6 nitrogen and oxygen atoms in total. The number of amides is 1. The number of benzene rings is 2. The van der Waals surface area contributed by atoms with Crippen LogP contribution >= 0.6 is 10.3 Å². The Labute approximate surface area is 181 Å². The highest BCUT2D eigenvalue weighted by molar-refractivity contribution is 8.32. The van der Waals surface area contributed by atoms with Crippen LogP contribution in [0.2, 0.25) is 0 Å². The van der Waals surface area contributed by atoms with E-state index in [-0.39, 0.29) is 4.90 Å². The van der Waals surface area contributed by atoms with E-state index in [2.05, 4.69) is 5.32 Å². The SMILES string of the molecule is CCCCNC(=O)Oc1cc(C)c(S(C)(C)OS(=O)(=O)c2ccc(C)cc2)cc1C. The lowest BCUT2D eigenvalue weighted by molar-refractivity contribution is 0.200. The number of carbonyl (C=O) groups is 1. The molecular formula is C22H31NO5S2. The highest BCUT2D eigenvalue weighted by Gasteiger charge is 2.28. The number of hydrogen-bond acceptors (Lipinski definition) is 5. The Bertz CT molecular complexity index is 999. The summed E-state index contributed by atoms with van der Waals surface area (Å²) in [5, 5.41) is 2.72. The minimum Gasteiger partial charge on any atom is -0.410 e. The zero-order chi connectivity index (χ0) is 22.5. The van der Waals surface area contributed by atoms with Gasteiger partial charge in [0.05, 0.1) is 4.90 Å². The molecule has 1 N–H and O–H groups in total. The van der Waals surface area contributed by atoms with E-state index in [1.165, 1.54) is 0 Å². The molecule has 8 heteroatoms. The first-order valence-electron chi connectivity index (χ1n) is 9.79. The van der Waals surface area contributed by atoms with E-state index in [1.807, 2.05) is 33.8 Å². The number of aryl methyl sites for hydroxylation is 3. The first-order chi connectivity index (χ1) is 14.0. The molecule has 2 rings (SSSR count). The van der Waals surface area contributed by atoms with Gasteiger partial charge in [0.15, 0.2) is 0 Å². The van der Waals surface area contributed by atoms with E-state index in [9.17, 15) is 13.2 Å². The fraction of sp³-hybridized carbons (Fsp3) is 0.409. The molecule has 0 aromatic heterocycles. The molecule has 0 spiro atoms. The molecule has 0 radical (unpaired) electrons. The van der Waals surface area contributed by atoms with Crippen molar-refractivity contribution in [1.82, 2.24) is 5.32 Å². The summed E-state index contributed by atoms with van der Waals surface area (Å²) in [6.07, 6.45) is 4.95. The van der Waals surface area contributed by atoms with Gasteiger partial charge in [-0.3, -0.25) is 0 Å². The summed E-state index contributed by atoms with van der Waals surface area (Å²) in [6, 6.07) is 10.2. The van der Waals surface area contributed by atoms with Crippen LogP contribution in [0.3, 0.4) is 0 Å². The molecule has 0 saturated carbocycles. The van der Waals surface area contributed by atoms with Gasteiger partial charge in [0.1, 0.15) is 5.75 Å². The summed E-state index contributed by atoms with van der Waals surface area (Å²) in [4.78, 5) is 12.9. The molecule has 30 heavy (non-hydrogen) atoms. The molecule has 0 heterocycles. The summed E-state index contributed by atoms with van der Waals surface area (Å²) in [5.41, 5.74) is 2.51. The van der Waals surface area contributed by atoms with Gasteiger partial charge in [-0.1, -0.05) is 41.3 Å². The van der Waals surface area contributed by atoms with Gasteiger partial charge in [-0.15, -0.1) is 0 Å². The highest BCUT2D eigenvalue weighted by atomic mass is 32.3. The maximum Gasteiger partial charge on any atom is 0.412 e. The van der Waals surface area contributed by atoms with Crippen LogP contribution < -0.4 is 10.1 Å². The second kappa shape index (κ2) is 9.85. The summed E-state index contributed by atoms with van der Waals surface area (Å²) in [5.74, 6) is 0.446. The molecule has 1 amide bonds. The van der Waals surface area contributed by atoms with Gasteiger partial charge in [0, 0.05) is 11.4 Å². The Morgan fingerprint density at radius 3 is 2.23 bits per heavy atom. The van der Waals surface area contributed by atoms with Crippen LogP contribution in [0, 0.1) is 20.8 Å². The zero-order valence-corrected chi connectivity index (χ0v) is 20.1. The zero-order valence-electron chi connectivity index (χ0n) is 18.4. The van der Waals surface area contributed by atoms with E-state index in [4.69, 9.17) is 8.37 Å². The maximum atomic E-state index is 12.8. The van der Waals surface area contributed by atoms with Crippen molar-refractivity contribution in [2.75, 3.05) is 19.1 Å². The van der Waals surface area contributed by atoms with Crippen LogP contribution in [-0.4, -0.2) is 33.6 Å². The quantitative estimate of drug-likeness (QED) is 0.553. The first-order valence-corrected chi connectivity index (χ1v) is 13.6. The number of hydrogen-bond donors (Lipinski definition) is 1. The molecule has 0 bridgehead atoms. The van der Waals surface area contributed by atoms with Crippen molar-refractivity contribution in [2.45, 2.75) is 50.3 Å². The van der Waals surface area contributed by atoms with Crippen LogP contribution in [0.4, 0.5) is 4.79 Å². The van der Waals surface area contributed by atoms with Crippen molar-refractivity contribution >= 4 is 26.5 Å². The third kappa shape index (κ3) is 6.23. The van der Waals surface area contributed by atoms with Crippen LogP contribution in [-0.2, 0) is 13.7 Å². The van der Waals surface area contributed by atoms with E-state index >= 15 is 0 Å². The van der Waals surface area contributed by atoms with Crippen molar-refractivity contribution in [1.29, 1.82) is 0 Å². The van der Waals surface area contributed by atoms with Crippen molar-refractivity contribution in [3.63, 3.8) is 0 Å². The summed E-state index contributed by atoms with van der Waals surface area (Å²) < 4.78 is 36.7. The minimum atomic E-state index is -3.91. The van der Waals surface area contributed by atoms with Gasteiger partial charge in [-0.05, 0) is 75.1 Å². The topological polar surface area (TPSA) is 81.7 Å². The number of ether oxygens (including phenoxy) is 1. The Hall–Kier alpha value is -2.03. The van der Waals surface area contributed by atoms with Crippen molar-refractivity contribution < 1.29 is 21.6 Å². The molecule has 2 aromatic carbocycles. The van der Waals surface area contributed by atoms with Crippen molar-refractivity contribution in [2.24, 2.45) is 0 Å². The highest BCUT2D eigenvalue weighted by Crippen LogP contribution is 2.54. The Morgan fingerprint density at radius 2 is 1.63 bits per heavy atom. The van der Waals surface area contributed by atoms with Gasteiger partial charge in [-0.25, -0.2) is 8.42 Å². The lowest BCUT2D eigenvalue weighted by Gasteiger charge is -2.32. The molecule has 0 aliphatic rings. The Kier molecular flexibility index (Phi) is 7.96. The minimum absolute atomic E-state index is 0.131. The number of unbranched alkanes of at least 4 members (excludes halogenated alkanes) is 1. The molecule has 0 aliphatic heterocycles. The smallest absolute Gasteiger partial charge is 0.410 e. The van der Waals surface area contributed by atoms with Gasteiger partial charge < -0.3 is 10.1 Å². The van der Waals surface area contributed by atoms with Gasteiger partial charge >= 0.3 is 16.2 Å². The van der Waals surface area contributed by atoms with E-state index in [1.54, 1.807) is 42.8 Å². The lowest BCUT2D eigenvalue weighted by atomic mass is 10.1. The van der Waals surface area contributed by atoms with E-state index in [0.717, 1.165) is 34.4 Å². The molecule has 0 unspecified atom stereocenters. The molecule has 0 fully saturated rings. The van der Waals surface area contributed by atoms with Crippen LogP contribution in [0.15, 0.2) is 46.2 Å². The van der Waals surface area contributed by atoms with Crippen LogP contribution in [0.5, 0.6) is 5.75 Å². The summed E-state index contributed by atoms with van der Waals surface area (Å²) in [6.45, 7) is 8.18. The number of rotatable bonds is 8. The molecule has 2 aromatic rings. The van der Waals surface area contributed by atoms with Gasteiger partial charge in [0.25, 0.3) is 0 Å². The third-order valence-corrected chi connectivity index (χ3v) is 9.00. The maximum absolute atomic E-state index is 12.8. The second-order valence-electron chi connectivity index (χ2n) is 7.62. The third-order valence-electron chi connectivity index (χ3n) is 4.57. The molecular weight excluding hydrogens is 422 g/mol. The largest absolute Gasteiger partial charge is 0.412 e. The average molecular weight is 454 g/mol.